The molecule has 0 aromatic rings. The first-order valence-corrected chi connectivity index (χ1v) is 3.85. The predicted molar refractivity (Wildman–Crippen MR) is 39.5 cm³/mol. The van der Waals surface area contributed by atoms with E-state index >= 15 is 0 Å². The van der Waals surface area contributed by atoms with Gasteiger partial charge in [0, 0.05) is 0 Å². The van der Waals surface area contributed by atoms with E-state index in [1.54, 1.807) is 0 Å². The van der Waals surface area contributed by atoms with Crippen molar-refractivity contribution in [3.05, 3.63) is 0 Å². The average Bonchev–Trinajstić information content (AvgIpc) is 1.91. The molecule has 0 N–H and O–H groups in total. The zero-order chi connectivity index (χ0) is 8.41. The molecule has 12 heavy (non-hydrogen) atoms. The van der Waals surface area contributed by atoms with Crippen LogP contribution in [0.25, 0.3) is 0 Å². The van der Waals surface area contributed by atoms with Crippen LogP contribution in [0.2, 0.25) is 0 Å². The topological polar surface area (TPSA) is 46.1 Å². The molecule has 0 rings (SSSR count). The molecule has 0 fully saturated rings. The van der Waals surface area contributed by atoms with Crippen LogP contribution < -0.4 is 113 Å². The fourth-order valence-electron chi connectivity index (χ4n) is 0.144. The van der Waals surface area contributed by atoms with Crippen molar-refractivity contribution in [2.24, 2.45) is 5.92 Å². The Labute approximate surface area is 162 Å². The van der Waals surface area contributed by atoms with Crippen LogP contribution in [0.4, 0.5) is 0 Å². The van der Waals surface area contributed by atoms with Crippen LogP contribution in [0, 0.1) is 5.92 Å². The second-order valence-corrected chi connectivity index (χ2v) is 2.62. The molecule has 64 valence electrons. The van der Waals surface area contributed by atoms with Crippen molar-refractivity contribution in [3.63, 3.8) is 0 Å². The summed E-state index contributed by atoms with van der Waals surface area (Å²) >= 11 is 0. The van der Waals surface area contributed by atoms with Gasteiger partial charge in [-0.1, -0.05) is 39.5 Å². The van der Waals surface area contributed by atoms with Gasteiger partial charge in [0.05, 0.1) is 0 Å². The summed E-state index contributed by atoms with van der Waals surface area (Å²) in [5.41, 5.74) is 0. The third kappa shape index (κ3) is 37.9. The quantitative estimate of drug-likeness (QED) is 0.448. The van der Waals surface area contributed by atoms with E-state index in [0.29, 0.717) is 5.92 Å². The van der Waals surface area contributed by atoms with Crippen molar-refractivity contribution >= 4 is 0 Å². The largest absolute Gasteiger partial charge is 1.00 e. The van der Waals surface area contributed by atoms with Gasteiger partial charge in [-0.2, -0.15) is 0 Å². The molecule has 0 radical (unpaired) electrons. The summed E-state index contributed by atoms with van der Waals surface area (Å²) in [7, 11) is 0. The van der Waals surface area contributed by atoms with E-state index in [-0.39, 0.29) is 116 Å². The molecule has 0 aromatic heterocycles. The van der Waals surface area contributed by atoms with Gasteiger partial charge in [-0.25, -0.2) is 0 Å². The summed E-state index contributed by atoms with van der Waals surface area (Å²) < 4.78 is 0. The Morgan fingerprint density at radius 3 is 1.42 bits per heavy atom. The maximum atomic E-state index is 9.63. The Kier molecular flexibility index (Phi) is 48.4. The molecule has 0 saturated carbocycles. The fraction of sp³-hybridized carbons (Fsp3) is 1.00. The van der Waals surface area contributed by atoms with E-state index < -0.39 is 0 Å². The summed E-state index contributed by atoms with van der Waals surface area (Å²) in [6.45, 7) is 5.98. The van der Waals surface area contributed by atoms with Crippen LogP contribution in [0.5, 0.6) is 0 Å². The third-order valence-electron chi connectivity index (χ3n) is 0.831. The van der Waals surface area contributed by atoms with E-state index in [2.05, 4.69) is 0 Å². The minimum atomic E-state index is 0. The van der Waals surface area contributed by atoms with Gasteiger partial charge in [0.25, 0.3) is 0 Å². The zero-order valence-corrected chi connectivity index (χ0v) is 15.5. The van der Waals surface area contributed by atoms with Gasteiger partial charge in [-0.05, 0) is 0 Å². The minimum absolute atomic E-state index is 0. The first-order chi connectivity index (χ1) is 4.68. The number of unbranched alkanes of at least 4 members (excludes halogenated alkanes) is 1. The molecule has 0 aromatic carbocycles. The molecule has 0 aliphatic heterocycles. The Bertz CT molecular complexity index is 50.3. The van der Waals surface area contributed by atoms with E-state index in [1.165, 1.54) is 0 Å². The SMILES string of the molecule is CC(C)C[O-].CCCC[O-].[K+].[K+]. The Morgan fingerprint density at radius 2 is 1.42 bits per heavy atom. The van der Waals surface area contributed by atoms with Gasteiger partial charge < -0.3 is 10.2 Å². The van der Waals surface area contributed by atoms with E-state index in [9.17, 15) is 10.2 Å². The second kappa shape index (κ2) is 23.8. The Balaban J connectivity index is -0.0000000457. The second-order valence-electron chi connectivity index (χ2n) is 2.62. The van der Waals surface area contributed by atoms with E-state index in [1.807, 2.05) is 20.8 Å². The minimum Gasteiger partial charge on any atom is -0.854 e. The van der Waals surface area contributed by atoms with Crippen molar-refractivity contribution in [2.75, 3.05) is 13.2 Å². The monoisotopic (exact) mass is 224 g/mol. The van der Waals surface area contributed by atoms with Crippen LogP contribution in [-0.4, -0.2) is 13.2 Å². The maximum absolute atomic E-state index is 9.63. The first-order valence-electron chi connectivity index (χ1n) is 3.85. The van der Waals surface area contributed by atoms with Crippen molar-refractivity contribution in [3.8, 4) is 0 Å². The van der Waals surface area contributed by atoms with Gasteiger partial charge in [-0.15, -0.1) is 13.2 Å². The van der Waals surface area contributed by atoms with Crippen LogP contribution in [0.3, 0.4) is 0 Å². The van der Waals surface area contributed by atoms with Crippen LogP contribution in [0.1, 0.15) is 33.6 Å². The molecule has 2 nitrogen and oxygen atoms in total. The molecule has 0 spiro atoms. The Morgan fingerprint density at radius 1 is 1.08 bits per heavy atom. The van der Waals surface area contributed by atoms with Gasteiger partial charge >= 0.3 is 103 Å². The molecule has 0 saturated heterocycles. The van der Waals surface area contributed by atoms with Gasteiger partial charge in [0.2, 0.25) is 0 Å². The summed E-state index contributed by atoms with van der Waals surface area (Å²) in [6, 6.07) is 0. The Hall–Kier alpha value is 3.19. The summed E-state index contributed by atoms with van der Waals surface area (Å²) in [4.78, 5) is 0. The van der Waals surface area contributed by atoms with E-state index in [4.69, 9.17) is 0 Å². The average molecular weight is 224 g/mol. The number of rotatable bonds is 3. The smallest absolute Gasteiger partial charge is 0.854 e. The van der Waals surface area contributed by atoms with E-state index in [0.717, 1.165) is 12.8 Å². The number of hydrogen-bond acceptors (Lipinski definition) is 2. The van der Waals surface area contributed by atoms with Crippen molar-refractivity contribution < 1.29 is 113 Å². The standard InChI is InChI=1S/2C4H9O.2K/c1-4(2)3-5;1-2-3-4-5;;/h4H,3H2,1-2H3;2-4H2,1H3;;/q2*-1;2*+1. The molecular formula is C8H18K2O2. The van der Waals surface area contributed by atoms with Crippen LogP contribution in [0.15, 0.2) is 0 Å². The molecular weight excluding hydrogens is 206 g/mol. The van der Waals surface area contributed by atoms with Gasteiger partial charge in [0.15, 0.2) is 0 Å². The summed E-state index contributed by atoms with van der Waals surface area (Å²) in [6.07, 6.45) is 1.86. The van der Waals surface area contributed by atoms with Crippen molar-refractivity contribution in [2.45, 2.75) is 33.6 Å². The molecule has 0 atom stereocenters. The maximum Gasteiger partial charge on any atom is 1.00 e. The van der Waals surface area contributed by atoms with Gasteiger partial charge in [0.1, 0.15) is 0 Å². The molecule has 0 aliphatic carbocycles. The zero-order valence-electron chi connectivity index (χ0n) is 9.22. The molecule has 0 bridgehead atoms. The molecule has 0 unspecified atom stereocenters. The van der Waals surface area contributed by atoms with Crippen molar-refractivity contribution in [1.29, 1.82) is 0 Å². The van der Waals surface area contributed by atoms with Gasteiger partial charge in [-0.3, -0.25) is 0 Å². The van der Waals surface area contributed by atoms with Crippen molar-refractivity contribution in [1.82, 2.24) is 0 Å². The summed E-state index contributed by atoms with van der Waals surface area (Å²) in [5, 5.41) is 19.2. The molecule has 0 heterocycles. The first kappa shape index (κ1) is 24.4. The summed E-state index contributed by atoms with van der Waals surface area (Å²) in [5.74, 6) is 0.329. The number of hydrogen-bond donors (Lipinski definition) is 0. The normalized spacial score (nSPS) is 7.50. The predicted octanol–water partition coefficient (Wildman–Crippen LogP) is -5.84. The third-order valence-corrected chi connectivity index (χ3v) is 0.831. The molecule has 0 aliphatic rings. The molecule has 0 amide bonds. The van der Waals surface area contributed by atoms with Crippen LogP contribution >= 0.6 is 0 Å². The fourth-order valence-corrected chi connectivity index (χ4v) is 0.144. The molecule has 4 heteroatoms. The van der Waals surface area contributed by atoms with Crippen LogP contribution in [-0.2, 0) is 0 Å².